The Bertz CT molecular complexity index is 374. The smallest absolute Gasteiger partial charge is 0.146 e. The molecule has 0 spiro atoms. The van der Waals surface area contributed by atoms with Crippen LogP contribution >= 0.6 is 0 Å². The van der Waals surface area contributed by atoms with E-state index in [9.17, 15) is 0 Å². The van der Waals surface area contributed by atoms with E-state index in [0.717, 1.165) is 41.4 Å². The first-order chi connectivity index (χ1) is 6.61. The van der Waals surface area contributed by atoms with Crippen LogP contribution in [0.5, 0.6) is 5.75 Å². The fourth-order valence-corrected chi connectivity index (χ4v) is 1.94. The van der Waals surface area contributed by atoms with Gasteiger partial charge in [0.15, 0.2) is 0 Å². The predicted octanol–water partition coefficient (Wildman–Crippen LogP) is 1.71. The lowest BCUT2D eigenvalue weighted by molar-refractivity contribution is 0.309. The Hall–Kier alpha value is -1.38. The van der Waals surface area contributed by atoms with Crippen LogP contribution in [0, 0.1) is 13.8 Å². The molecule has 1 heterocycles. The van der Waals surface area contributed by atoms with Gasteiger partial charge in [-0.2, -0.15) is 0 Å². The molecule has 2 rings (SSSR count). The zero-order valence-electron chi connectivity index (χ0n) is 8.92. The molecule has 0 bridgehead atoms. The molecule has 1 aromatic rings. The highest BCUT2D eigenvalue weighted by Gasteiger charge is 2.20. The summed E-state index contributed by atoms with van der Waals surface area (Å²) in [5.41, 5.74) is 10.2. The van der Waals surface area contributed by atoms with Crippen molar-refractivity contribution in [3.05, 3.63) is 17.2 Å². The molecule has 0 amide bonds. The van der Waals surface area contributed by atoms with E-state index in [1.54, 1.807) is 0 Å². The highest BCUT2D eigenvalue weighted by atomic mass is 16.5. The van der Waals surface area contributed by atoms with Gasteiger partial charge in [0.1, 0.15) is 12.4 Å². The summed E-state index contributed by atoms with van der Waals surface area (Å²) in [6, 6.07) is 1.98. The van der Waals surface area contributed by atoms with Crippen LogP contribution in [0.4, 0.5) is 11.4 Å². The number of benzene rings is 1. The van der Waals surface area contributed by atoms with Gasteiger partial charge in [-0.3, -0.25) is 0 Å². The van der Waals surface area contributed by atoms with E-state index < -0.39 is 0 Å². The largest absolute Gasteiger partial charge is 0.489 e. The summed E-state index contributed by atoms with van der Waals surface area (Å²) in [4.78, 5) is 2.21. The minimum atomic E-state index is 0.758. The Morgan fingerprint density at radius 1 is 1.43 bits per heavy atom. The van der Waals surface area contributed by atoms with Crippen molar-refractivity contribution < 1.29 is 4.74 Å². The average molecular weight is 192 g/mol. The SMILES string of the molecule is Cc1cc(N)c(C)c2c1OCCN2C. The third-order valence-electron chi connectivity index (χ3n) is 2.79. The second-order valence-corrected chi connectivity index (χ2v) is 3.86. The van der Waals surface area contributed by atoms with Crippen LogP contribution < -0.4 is 15.4 Å². The lowest BCUT2D eigenvalue weighted by Gasteiger charge is -2.31. The first kappa shape index (κ1) is 9.19. The van der Waals surface area contributed by atoms with Gasteiger partial charge < -0.3 is 15.4 Å². The number of fused-ring (bicyclic) bond motifs is 1. The van der Waals surface area contributed by atoms with Gasteiger partial charge in [0.05, 0.1) is 12.2 Å². The van der Waals surface area contributed by atoms with E-state index in [1.165, 1.54) is 0 Å². The Morgan fingerprint density at radius 2 is 2.14 bits per heavy atom. The average Bonchev–Trinajstić information content (AvgIpc) is 2.14. The molecule has 3 heteroatoms. The molecule has 0 saturated heterocycles. The maximum atomic E-state index is 5.92. The summed E-state index contributed by atoms with van der Waals surface area (Å²) in [6.07, 6.45) is 0. The summed E-state index contributed by atoms with van der Waals surface area (Å²) >= 11 is 0. The number of nitrogens with two attached hydrogens (primary N) is 1. The molecule has 0 aromatic heterocycles. The molecule has 0 radical (unpaired) electrons. The second kappa shape index (κ2) is 3.08. The summed E-state index contributed by atoms with van der Waals surface area (Å²) in [7, 11) is 2.08. The fraction of sp³-hybridized carbons (Fsp3) is 0.455. The number of hydrogen-bond acceptors (Lipinski definition) is 3. The molecule has 1 aliphatic rings. The van der Waals surface area contributed by atoms with E-state index in [-0.39, 0.29) is 0 Å². The molecular formula is C11H16N2O. The van der Waals surface area contributed by atoms with Gasteiger partial charge in [0.2, 0.25) is 0 Å². The lowest BCUT2D eigenvalue weighted by Crippen LogP contribution is -2.30. The standard InChI is InChI=1S/C11H16N2O/c1-7-6-9(12)8(2)10-11(7)14-5-4-13(10)3/h6H,4-5,12H2,1-3H3. The van der Waals surface area contributed by atoms with Crippen LogP contribution in [-0.4, -0.2) is 20.2 Å². The molecule has 1 aromatic carbocycles. The normalized spacial score (nSPS) is 14.9. The van der Waals surface area contributed by atoms with Gasteiger partial charge in [-0.25, -0.2) is 0 Å². The molecule has 1 aliphatic heterocycles. The fourth-order valence-electron chi connectivity index (χ4n) is 1.94. The molecule has 2 N–H and O–H groups in total. The number of rotatable bonds is 0. The van der Waals surface area contributed by atoms with E-state index >= 15 is 0 Å². The molecule has 3 nitrogen and oxygen atoms in total. The van der Waals surface area contributed by atoms with Crippen molar-refractivity contribution >= 4 is 11.4 Å². The predicted molar refractivity (Wildman–Crippen MR) is 59.1 cm³/mol. The van der Waals surface area contributed by atoms with E-state index in [1.807, 2.05) is 19.9 Å². The van der Waals surface area contributed by atoms with Crippen molar-refractivity contribution in [2.45, 2.75) is 13.8 Å². The Kier molecular flexibility index (Phi) is 2.02. The van der Waals surface area contributed by atoms with Gasteiger partial charge in [-0.15, -0.1) is 0 Å². The minimum absolute atomic E-state index is 0.758. The minimum Gasteiger partial charge on any atom is -0.489 e. The first-order valence-electron chi connectivity index (χ1n) is 4.85. The molecule has 0 saturated carbocycles. The molecule has 14 heavy (non-hydrogen) atoms. The monoisotopic (exact) mass is 192 g/mol. The number of ether oxygens (including phenoxy) is 1. The van der Waals surface area contributed by atoms with Crippen LogP contribution in [-0.2, 0) is 0 Å². The molecule has 0 fully saturated rings. The van der Waals surface area contributed by atoms with E-state index in [2.05, 4.69) is 11.9 Å². The van der Waals surface area contributed by atoms with Crippen molar-refractivity contribution in [3.8, 4) is 5.75 Å². The van der Waals surface area contributed by atoms with E-state index in [4.69, 9.17) is 10.5 Å². The number of nitrogens with zero attached hydrogens (tertiary/aromatic N) is 1. The molecule has 0 aliphatic carbocycles. The summed E-state index contributed by atoms with van der Waals surface area (Å²) in [5, 5.41) is 0. The number of anilines is 2. The molecular weight excluding hydrogens is 176 g/mol. The lowest BCUT2D eigenvalue weighted by atomic mass is 10.0. The van der Waals surface area contributed by atoms with Crippen LogP contribution in [0.15, 0.2) is 6.07 Å². The van der Waals surface area contributed by atoms with Gasteiger partial charge in [0.25, 0.3) is 0 Å². The molecule has 76 valence electrons. The van der Waals surface area contributed by atoms with Crippen LogP contribution in [0.3, 0.4) is 0 Å². The molecule has 0 unspecified atom stereocenters. The molecule has 0 atom stereocenters. The van der Waals surface area contributed by atoms with Gasteiger partial charge in [-0.1, -0.05) is 0 Å². The number of nitrogen functional groups attached to an aromatic ring is 1. The second-order valence-electron chi connectivity index (χ2n) is 3.86. The first-order valence-corrected chi connectivity index (χ1v) is 4.85. The number of aryl methyl sites for hydroxylation is 1. The van der Waals surface area contributed by atoms with Gasteiger partial charge in [-0.05, 0) is 31.0 Å². The van der Waals surface area contributed by atoms with Crippen molar-refractivity contribution in [2.24, 2.45) is 0 Å². The maximum Gasteiger partial charge on any atom is 0.146 e. The summed E-state index contributed by atoms with van der Waals surface area (Å²) in [5.74, 6) is 0.991. The van der Waals surface area contributed by atoms with Crippen molar-refractivity contribution in [1.82, 2.24) is 0 Å². The maximum absolute atomic E-state index is 5.92. The van der Waals surface area contributed by atoms with Crippen molar-refractivity contribution in [2.75, 3.05) is 30.8 Å². The number of likely N-dealkylation sites (N-methyl/N-ethyl adjacent to an activating group) is 1. The summed E-state index contributed by atoms with van der Waals surface area (Å²) < 4.78 is 5.66. The third kappa shape index (κ3) is 1.20. The Balaban J connectivity index is 2.67. The summed E-state index contributed by atoms with van der Waals surface area (Å²) in [6.45, 7) is 5.76. The van der Waals surface area contributed by atoms with Gasteiger partial charge in [0, 0.05) is 12.7 Å². The topological polar surface area (TPSA) is 38.5 Å². The highest BCUT2D eigenvalue weighted by Crippen LogP contribution is 2.39. The van der Waals surface area contributed by atoms with E-state index in [0.29, 0.717) is 0 Å². The number of hydrogen-bond donors (Lipinski definition) is 1. The zero-order chi connectivity index (χ0) is 10.3. The third-order valence-corrected chi connectivity index (χ3v) is 2.79. The Morgan fingerprint density at radius 3 is 2.86 bits per heavy atom. The van der Waals surface area contributed by atoms with Gasteiger partial charge >= 0.3 is 0 Å². The van der Waals surface area contributed by atoms with Crippen molar-refractivity contribution in [1.29, 1.82) is 0 Å². The zero-order valence-corrected chi connectivity index (χ0v) is 8.92. The Labute approximate surface area is 84.5 Å². The van der Waals surface area contributed by atoms with Crippen LogP contribution in [0.1, 0.15) is 11.1 Å². The van der Waals surface area contributed by atoms with Crippen LogP contribution in [0.25, 0.3) is 0 Å². The van der Waals surface area contributed by atoms with Crippen molar-refractivity contribution in [3.63, 3.8) is 0 Å². The quantitative estimate of drug-likeness (QED) is 0.636. The highest BCUT2D eigenvalue weighted by molar-refractivity contribution is 5.74. The van der Waals surface area contributed by atoms with Crippen LogP contribution in [0.2, 0.25) is 0 Å².